The number of halogens is 1. The van der Waals surface area contributed by atoms with Gasteiger partial charge in [0.1, 0.15) is 11.6 Å². The molecule has 0 radical (unpaired) electrons. The number of benzene rings is 2. The Bertz CT molecular complexity index is 1170. The van der Waals surface area contributed by atoms with E-state index in [0.717, 1.165) is 5.56 Å². The number of fused-ring (bicyclic) bond motifs is 1. The van der Waals surface area contributed by atoms with E-state index in [2.05, 4.69) is 26.3 Å². The van der Waals surface area contributed by atoms with E-state index in [1.165, 1.54) is 0 Å². The Kier molecular flexibility index (Phi) is 4.19. The van der Waals surface area contributed by atoms with Crippen LogP contribution in [0, 0.1) is 17.1 Å². The molecule has 0 atom stereocenters. The average molecular weight is 355 g/mol. The van der Waals surface area contributed by atoms with E-state index < -0.39 is 5.82 Å². The van der Waals surface area contributed by atoms with E-state index in [9.17, 15) is 0 Å². The van der Waals surface area contributed by atoms with Crippen molar-refractivity contribution in [3.8, 4) is 28.6 Å². The molecule has 5 nitrogen and oxygen atoms in total. The van der Waals surface area contributed by atoms with Crippen molar-refractivity contribution in [3.63, 3.8) is 0 Å². The van der Waals surface area contributed by atoms with Gasteiger partial charge in [-0.3, -0.25) is 4.98 Å². The predicted molar refractivity (Wildman–Crippen MR) is 102 cm³/mol. The van der Waals surface area contributed by atoms with E-state index in [-0.39, 0.29) is 0 Å². The minimum atomic E-state index is -0.403. The van der Waals surface area contributed by atoms with Crippen LogP contribution in [0.1, 0.15) is 5.56 Å². The second kappa shape index (κ2) is 6.81. The minimum absolute atomic E-state index is 0.326. The first-order valence-electron chi connectivity index (χ1n) is 8.30. The third-order valence-electron chi connectivity index (χ3n) is 4.28. The van der Waals surface area contributed by atoms with Gasteiger partial charge >= 0.3 is 0 Å². The fourth-order valence-corrected chi connectivity index (χ4v) is 2.94. The van der Waals surface area contributed by atoms with Crippen molar-refractivity contribution in [2.45, 2.75) is 0 Å². The maximum Gasteiger partial charge on any atom is 0.163 e. The lowest BCUT2D eigenvalue weighted by molar-refractivity contribution is 0.643. The first-order valence-corrected chi connectivity index (χ1v) is 8.30. The standard InChI is InChI=1S/C21H14FN5/c1-24-21-18-17(26-20(27-21)15-3-2-10-25-12-15)9-8-16(19(18)22)14-6-4-13(11-23)5-7-14/h2-10,12H,1H3,(H,24,26,27). The van der Waals surface area contributed by atoms with E-state index in [0.29, 0.717) is 39.2 Å². The summed E-state index contributed by atoms with van der Waals surface area (Å²) in [7, 11) is 1.70. The fraction of sp³-hybridized carbons (Fsp3) is 0.0476. The molecule has 0 bridgehead atoms. The molecule has 0 unspecified atom stereocenters. The number of nitrogens with one attached hydrogen (secondary N) is 1. The highest BCUT2D eigenvalue weighted by atomic mass is 19.1. The van der Waals surface area contributed by atoms with Crippen LogP contribution >= 0.6 is 0 Å². The third-order valence-corrected chi connectivity index (χ3v) is 4.28. The summed E-state index contributed by atoms with van der Waals surface area (Å²) in [6, 6.07) is 16.0. The van der Waals surface area contributed by atoms with Crippen LogP contribution in [0.4, 0.5) is 10.2 Å². The second-order valence-corrected chi connectivity index (χ2v) is 5.90. The van der Waals surface area contributed by atoms with Crippen molar-refractivity contribution >= 4 is 16.7 Å². The Hall–Kier alpha value is -3.85. The van der Waals surface area contributed by atoms with Gasteiger partial charge in [-0.05, 0) is 42.0 Å². The van der Waals surface area contributed by atoms with Gasteiger partial charge < -0.3 is 5.32 Å². The van der Waals surface area contributed by atoms with Gasteiger partial charge in [-0.2, -0.15) is 5.26 Å². The van der Waals surface area contributed by atoms with Crippen LogP contribution in [0.2, 0.25) is 0 Å². The van der Waals surface area contributed by atoms with Crippen molar-refractivity contribution in [1.82, 2.24) is 15.0 Å². The molecule has 4 rings (SSSR count). The monoisotopic (exact) mass is 355 g/mol. The van der Waals surface area contributed by atoms with Crippen LogP contribution in [0.3, 0.4) is 0 Å². The molecule has 0 spiro atoms. The zero-order valence-corrected chi connectivity index (χ0v) is 14.4. The minimum Gasteiger partial charge on any atom is -0.372 e. The smallest absolute Gasteiger partial charge is 0.163 e. The van der Waals surface area contributed by atoms with Crippen molar-refractivity contribution in [2.75, 3.05) is 12.4 Å². The zero-order valence-electron chi connectivity index (χ0n) is 14.4. The first kappa shape index (κ1) is 16.6. The molecule has 130 valence electrons. The summed E-state index contributed by atoms with van der Waals surface area (Å²) in [6.45, 7) is 0. The van der Waals surface area contributed by atoms with E-state index in [1.807, 2.05) is 6.07 Å². The molecule has 2 aromatic heterocycles. The molecule has 4 aromatic rings. The van der Waals surface area contributed by atoms with Crippen LogP contribution < -0.4 is 5.32 Å². The molecule has 0 saturated heterocycles. The highest BCUT2D eigenvalue weighted by Crippen LogP contribution is 2.33. The first-order chi connectivity index (χ1) is 13.2. The lowest BCUT2D eigenvalue weighted by Gasteiger charge is -2.12. The molecular weight excluding hydrogens is 341 g/mol. The molecule has 2 heterocycles. The van der Waals surface area contributed by atoms with Crippen LogP contribution in [-0.2, 0) is 0 Å². The van der Waals surface area contributed by atoms with Crippen molar-refractivity contribution < 1.29 is 4.39 Å². The largest absolute Gasteiger partial charge is 0.372 e. The molecule has 27 heavy (non-hydrogen) atoms. The topological polar surface area (TPSA) is 74.5 Å². The summed E-state index contributed by atoms with van der Waals surface area (Å²) in [5.41, 5.74) is 2.91. The summed E-state index contributed by atoms with van der Waals surface area (Å²) in [5.74, 6) is 0.483. The molecule has 2 aromatic carbocycles. The van der Waals surface area contributed by atoms with Crippen LogP contribution in [0.15, 0.2) is 60.9 Å². The van der Waals surface area contributed by atoms with Gasteiger partial charge in [0.25, 0.3) is 0 Å². The molecule has 0 aliphatic heterocycles. The molecule has 1 N–H and O–H groups in total. The summed E-state index contributed by atoms with van der Waals surface area (Å²) in [4.78, 5) is 13.1. The third kappa shape index (κ3) is 2.96. The number of nitriles is 1. The summed E-state index contributed by atoms with van der Waals surface area (Å²) >= 11 is 0. The molecule has 0 aliphatic rings. The van der Waals surface area contributed by atoms with Gasteiger partial charge in [-0.25, -0.2) is 14.4 Å². The number of hydrogen-bond donors (Lipinski definition) is 1. The summed E-state index contributed by atoms with van der Waals surface area (Å²) < 4.78 is 15.3. The molecule has 0 aliphatic carbocycles. The number of pyridine rings is 1. The highest BCUT2D eigenvalue weighted by Gasteiger charge is 2.16. The summed E-state index contributed by atoms with van der Waals surface area (Å²) in [6.07, 6.45) is 3.34. The lowest BCUT2D eigenvalue weighted by Crippen LogP contribution is -2.01. The van der Waals surface area contributed by atoms with E-state index in [4.69, 9.17) is 5.26 Å². The normalized spacial score (nSPS) is 10.6. The van der Waals surface area contributed by atoms with Crippen LogP contribution in [-0.4, -0.2) is 22.0 Å². The predicted octanol–water partition coefficient (Wildman–Crippen LogP) is 4.41. The number of aromatic nitrogens is 3. The summed E-state index contributed by atoms with van der Waals surface area (Å²) in [5, 5.41) is 12.2. The maximum atomic E-state index is 15.3. The van der Waals surface area contributed by atoms with Gasteiger partial charge in [-0.1, -0.05) is 12.1 Å². The Morgan fingerprint density at radius 3 is 2.48 bits per heavy atom. The van der Waals surface area contributed by atoms with Crippen LogP contribution in [0.25, 0.3) is 33.4 Å². The molecule has 0 fully saturated rings. The van der Waals surface area contributed by atoms with Crippen molar-refractivity contribution in [1.29, 1.82) is 5.26 Å². The molecule has 0 amide bonds. The fourth-order valence-electron chi connectivity index (χ4n) is 2.94. The lowest BCUT2D eigenvalue weighted by atomic mass is 10.0. The van der Waals surface area contributed by atoms with Gasteiger partial charge in [-0.15, -0.1) is 0 Å². The quantitative estimate of drug-likeness (QED) is 0.589. The van der Waals surface area contributed by atoms with Gasteiger partial charge in [0, 0.05) is 30.6 Å². The van der Waals surface area contributed by atoms with Crippen molar-refractivity contribution in [3.05, 3.63) is 72.3 Å². The maximum absolute atomic E-state index is 15.3. The number of hydrogen-bond acceptors (Lipinski definition) is 5. The Morgan fingerprint density at radius 1 is 1.00 bits per heavy atom. The molecule has 0 saturated carbocycles. The van der Waals surface area contributed by atoms with Gasteiger partial charge in [0.2, 0.25) is 0 Å². The molecule has 6 heteroatoms. The Balaban J connectivity index is 1.91. The highest BCUT2D eigenvalue weighted by molar-refractivity contribution is 5.94. The number of rotatable bonds is 3. The van der Waals surface area contributed by atoms with E-state index in [1.54, 1.807) is 61.9 Å². The number of anilines is 1. The van der Waals surface area contributed by atoms with E-state index >= 15 is 4.39 Å². The zero-order chi connectivity index (χ0) is 18.8. The van der Waals surface area contributed by atoms with Crippen molar-refractivity contribution in [2.24, 2.45) is 0 Å². The van der Waals surface area contributed by atoms with Crippen LogP contribution in [0.5, 0.6) is 0 Å². The average Bonchev–Trinajstić information content (AvgIpc) is 2.74. The molecular formula is C21H14FN5. The Morgan fingerprint density at radius 2 is 1.81 bits per heavy atom. The Labute approximate surface area is 155 Å². The van der Waals surface area contributed by atoms with Gasteiger partial charge in [0.05, 0.1) is 22.5 Å². The SMILES string of the molecule is CNc1nc(-c2cccnc2)nc2ccc(-c3ccc(C#N)cc3)c(F)c12. The van der Waals surface area contributed by atoms with Gasteiger partial charge in [0.15, 0.2) is 5.82 Å². The number of nitrogens with zero attached hydrogens (tertiary/aromatic N) is 4. The second-order valence-electron chi connectivity index (χ2n) is 5.90.